The van der Waals surface area contributed by atoms with Gasteiger partial charge < -0.3 is 25.6 Å². The van der Waals surface area contributed by atoms with Crippen LogP contribution in [0.25, 0.3) is 5.57 Å². The van der Waals surface area contributed by atoms with E-state index in [1.807, 2.05) is 30.6 Å². The number of nitrogens with two attached hydrogens (primary N) is 1. The van der Waals surface area contributed by atoms with Gasteiger partial charge in [0.2, 0.25) is 5.91 Å². The number of aliphatic hydroxyl groups is 1. The summed E-state index contributed by atoms with van der Waals surface area (Å²) in [6.45, 7) is 1.50. The molecule has 0 heterocycles. The van der Waals surface area contributed by atoms with Crippen molar-refractivity contribution in [3.63, 3.8) is 0 Å². The van der Waals surface area contributed by atoms with Gasteiger partial charge in [-0.05, 0) is 54.0 Å². The largest absolute Gasteiger partial charge is 0.492 e. The zero-order valence-corrected chi connectivity index (χ0v) is 17.4. The number of aliphatic hydroxyl groups excluding tert-OH is 1. The normalized spacial score (nSPS) is 21.1. The second-order valence-electron chi connectivity index (χ2n) is 6.78. The Bertz CT molecular complexity index is 889. The summed E-state index contributed by atoms with van der Waals surface area (Å²) < 4.78 is 11.2. The monoisotopic (exact) mass is 402 g/mol. The lowest BCUT2D eigenvalue weighted by molar-refractivity contribution is -0.119. The molecule has 4 N–H and O–H groups in total. The third-order valence-electron chi connectivity index (χ3n) is 5.07. The Morgan fingerprint density at radius 1 is 1.29 bits per heavy atom. The predicted octanol–water partition coefficient (Wildman–Crippen LogP) is 2.67. The fraction of sp³-hybridized carbons (Fsp3) is 0.381. The number of anilines is 1. The Kier molecular flexibility index (Phi) is 6.05. The van der Waals surface area contributed by atoms with Gasteiger partial charge >= 0.3 is 0 Å². The molecule has 1 aromatic carbocycles. The number of carbonyl (C=O) groups is 1. The summed E-state index contributed by atoms with van der Waals surface area (Å²) in [6, 6.07) is 1.68. The Labute approximate surface area is 169 Å². The number of allylic oxidation sites excluding steroid dienone is 2. The maximum Gasteiger partial charge on any atom is 0.217 e. The van der Waals surface area contributed by atoms with E-state index >= 15 is 0 Å². The zero-order chi connectivity index (χ0) is 20.4. The number of thioether (sulfide) groups is 1. The van der Waals surface area contributed by atoms with Crippen LogP contribution in [-0.4, -0.2) is 43.6 Å². The molecule has 1 unspecified atom stereocenters. The number of nitrogen functional groups attached to an aromatic ring is 1. The second kappa shape index (κ2) is 8.32. The molecule has 0 bridgehead atoms. The van der Waals surface area contributed by atoms with Crippen LogP contribution in [0.1, 0.15) is 24.5 Å². The molecule has 0 fully saturated rings. The van der Waals surface area contributed by atoms with E-state index in [1.54, 1.807) is 14.2 Å². The highest BCUT2D eigenvalue weighted by Gasteiger charge is 2.32. The van der Waals surface area contributed by atoms with E-state index in [2.05, 4.69) is 5.32 Å². The predicted molar refractivity (Wildman–Crippen MR) is 114 cm³/mol. The SMILES string of the molecule is COc1c(N)cc2c(c1OC)C1=CC=C(SC)C(O)C=C1[C@@H](NC(C)=O)CC2. The van der Waals surface area contributed by atoms with Crippen molar-refractivity contribution in [2.24, 2.45) is 0 Å². The molecular formula is C21H26N2O4S. The Morgan fingerprint density at radius 3 is 2.61 bits per heavy atom. The van der Waals surface area contributed by atoms with E-state index in [4.69, 9.17) is 15.2 Å². The Hall–Kier alpha value is -2.38. The third-order valence-corrected chi connectivity index (χ3v) is 5.92. The van der Waals surface area contributed by atoms with Gasteiger partial charge in [0.15, 0.2) is 11.5 Å². The molecule has 6 nitrogen and oxygen atoms in total. The van der Waals surface area contributed by atoms with E-state index in [0.717, 1.165) is 27.2 Å². The summed E-state index contributed by atoms with van der Waals surface area (Å²) in [4.78, 5) is 12.7. The highest BCUT2D eigenvalue weighted by molar-refractivity contribution is 8.02. The van der Waals surface area contributed by atoms with Crippen LogP contribution in [0, 0.1) is 0 Å². The Morgan fingerprint density at radius 2 is 2.00 bits per heavy atom. The number of hydrogen-bond acceptors (Lipinski definition) is 6. The molecule has 2 atom stereocenters. The summed E-state index contributed by atoms with van der Waals surface area (Å²) in [5.41, 5.74) is 10.4. The first-order valence-electron chi connectivity index (χ1n) is 9.08. The van der Waals surface area contributed by atoms with Crippen LogP contribution in [-0.2, 0) is 11.2 Å². The molecule has 0 saturated carbocycles. The number of ether oxygens (including phenoxy) is 2. The molecule has 0 radical (unpaired) electrons. The maximum absolute atomic E-state index is 11.8. The second-order valence-corrected chi connectivity index (χ2v) is 7.66. The van der Waals surface area contributed by atoms with Crippen LogP contribution in [0.5, 0.6) is 11.5 Å². The van der Waals surface area contributed by atoms with Crippen molar-refractivity contribution in [1.82, 2.24) is 5.32 Å². The molecule has 2 aliphatic rings. The molecule has 28 heavy (non-hydrogen) atoms. The topological polar surface area (TPSA) is 93.8 Å². The third kappa shape index (κ3) is 3.64. The number of benzene rings is 1. The average Bonchev–Trinajstić information content (AvgIpc) is 2.89. The van der Waals surface area contributed by atoms with Crippen LogP contribution in [0.4, 0.5) is 5.69 Å². The lowest BCUT2D eigenvalue weighted by Gasteiger charge is -2.23. The van der Waals surface area contributed by atoms with Crippen molar-refractivity contribution in [3.05, 3.63) is 45.9 Å². The number of rotatable bonds is 4. The zero-order valence-electron chi connectivity index (χ0n) is 16.5. The molecule has 0 aliphatic heterocycles. The summed E-state index contributed by atoms with van der Waals surface area (Å²) in [5.74, 6) is 0.934. The molecule has 2 aliphatic carbocycles. The number of methoxy groups -OCH3 is 2. The molecule has 3 rings (SSSR count). The van der Waals surface area contributed by atoms with Crippen LogP contribution in [0.15, 0.2) is 34.8 Å². The van der Waals surface area contributed by atoms with Gasteiger partial charge in [-0.1, -0.05) is 6.08 Å². The summed E-state index contributed by atoms with van der Waals surface area (Å²) in [5, 5.41) is 13.7. The van der Waals surface area contributed by atoms with Crippen LogP contribution in [0.3, 0.4) is 0 Å². The first-order chi connectivity index (χ1) is 13.4. The fourth-order valence-corrected chi connectivity index (χ4v) is 4.40. The van der Waals surface area contributed by atoms with Crippen LogP contribution in [0.2, 0.25) is 0 Å². The molecule has 1 amide bonds. The van der Waals surface area contributed by atoms with Crippen LogP contribution < -0.4 is 20.5 Å². The van der Waals surface area contributed by atoms with Gasteiger partial charge in [0.1, 0.15) is 6.10 Å². The molecule has 7 heteroatoms. The van der Waals surface area contributed by atoms with E-state index in [-0.39, 0.29) is 11.9 Å². The Balaban J connectivity index is 2.30. The van der Waals surface area contributed by atoms with Gasteiger partial charge in [0.25, 0.3) is 0 Å². The standard InChI is InChI=1S/C21H26N2O4S/c1-11(24)23-16-7-5-12-9-15(22)20(26-2)21(27-3)19(12)13-6-8-18(28-4)17(25)10-14(13)16/h6,8-10,16-17,25H,5,7,22H2,1-4H3,(H,23,24)/t16-,17?/m0/s1. The van der Waals surface area contributed by atoms with Crippen LogP contribution >= 0.6 is 11.8 Å². The number of carbonyl (C=O) groups excluding carboxylic acids is 1. The van der Waals surface area contributed by atoms with Gasteiger partial charge in [0, 0.05) is 17.4 Å². The molecule has 150 valence electrons. The number of nitrogens with one attached hydrogen (secondary N) is 1. The van der Waals surface area contributed by atoms with E-state index in [9.17, 15) is 9.90 Å². The van der Waals surface area contributed by atoms with Crippen molar-refractivity contribution in [2.75, 3.05) is 26.2 Å². The van der Waals surface area contributed by atoms with E-state index < -0.39 is 6.10 Å². The van der Waals surface area contributed by atoms with Crippen molar-refractivity contribution < 1.29 is 19.4 Å². The summed E-state index contributed by atoms with van der Waals surface area (Å²) in [6.07, 6.45) is 8.29. The van der Waals surface area contributed by atoms with E-state index in [1.165, 1.54) is 18.7 Å². The highest BCUT2D eigenvalue weighted by atomic mass is 32.2. The number of fused-ring (bicyclic) bond motifs is 3. The lowest BCUT2D eigenvalue weighted by Crippen LogP contribution is -2.35. The lowest BCUT2D eigenvalue weighted by atomic mass is 9.91. The van der Waals surface area contributed by atoms with Gasteiger partial charge in [-0.15, -0.1) is 11.8 Å². The van der Waals surface area contributed by atoms with Gasteiger partial charge in [-0.25, -0.2) is 0 Å². The maximum atomic E-state index is 11.8. The minimum atomic E-state index is -0.738. The summed E-state index contributed by atoms with van der Waals surface area (Å²) >= 11 is 1.49. The summed E-state index contributed by atoms with van der Waals surface area (Å²) in [7, 11) is 3.15. The van der Waals surface area contributed by atoms with Crippen molar-refractivity contribution in [1.29, 1.82) is 0 Å². The molecule has 0 saturated heterocycles. The average molecular weight is 403 g/mol. The minimum absolute atomic E-state index is 0.114. The molecule has 1 aromatic rings. The minimum Gasteiger partial charge on any atom is -0.492 e. The van der Waals surface area contributed by atoms with Gasteiger partial charge in [0.05, 0.1) is 25.9 Å². The number of aryl methyl sites for hydroxylation is 1. The van der Waals surface area contributed by atoms with Crippen molar-refractivity contribution >= 4 is 28.9 Å². The number of hydrogen-bond donors (Lipinski definition) is 3. The smallest absolute Gasteiger partial charge is 0.217 e. The first-order valence-corrected chi connectivity index (χ1v) is 10.3. The fourth-order valence-electron chi connectivity index (χ4n) is 3.89. The first kappa shape index (κ1) is 20.4. The van der Waals surface area contributed by atoms with Gasteiger partial charge in [-0.2, -0.15) is 0 Å². The highest BCUT2D eigenvalue weighted by Crippen LogP contribution is 2.47. The quantitative estimate of drug-likeness (QED) is 0.671. The molecular weight excluding hydrogens is 376 g/mol. The number of amides is 1. The van der Waals surface area contributed by atoms with Crippen molar-refractivity contribution in [2.45, 2.75) is 31.9 Å². The van der Waals surface area contributed by atoms with Crippen molar-refractivity contribution in [3.8, 4) is 11.5 Å². The van der Waals surface area contributed by atoms with Gasteiger partial charge in [-0.3, -0.25) is 4.79 Å². The molecule has 0 aromatic heterocycles. The van der Waals surface area contributed by atoms with E-state index in [0.29, 0.717) is 30.0 Å². The molecule has 0 spiro atoms.